The van der Waals surface area contributed by atoms with E-state index in [1.54, 1.807) is 11.3 Å². The van der Waals surface area contributed by atoms with E-state index in [4.69, 9.17) is 10.3 Å². The number of aromatic nitrogens is 2. The minimum Gasteiger partial charge on any atom is -0.339 e. The maximum Gasteiger partial charge on any atom is 0.231 e. The molecule has 1 atom stereocenters. The second-order valence-electron chi connectivity index (χ2n) is 4.99. The lowest BCUT2D eigenvalue weighted by molar-refractivity contribution is 0.335. The highest BCUT2D eigenvalue weighted by Gasteiger charge is 2.20. The van der Waals surface area contributed by atoms with E-state index >= 15 is 0 Å². The molecule has 0 aliphatic heterocycles. The van der Waals surface area contributed by atoms with E-state index in [1.165, 1.54) is 5.56 Å². The molecular formula is C13H19N3OS. The summed E-state index contributed by atoms with van der Waals surface area (Å²) in [7, 11) is 0. The van der Waals surface area contributed by atoms with Crippen LogP contribution in [0.4, 0.5) is 0 Å². The highest BCUT2D eigenvalue weighted by molar-refractivity contribution is 7.08. The van der Waals surface area contributed by atoms with Crippen molar-refractivity contribution >= 4 is 11.3 Å². The molecule has 0 spiro atoms. The fourth-order valence-corrected chi connectivity index (χ4v) is 2.79. The Labute approximate surface area is 111 Å². The SMILES string of the molecule is Cc1cscc1-c1noc(C(CN)CC(C)C)n1. The molecule has 4 nitrogen and oxygen atoms in total. The topological polar surface area (TPSA) is 64.9 Å². The van der Waals surface area contributed by atoms with Crippen molar-refractivity contribution in [3.8, 4) is 11.4 Å². The summed E-state index contributed by atoms with van der Waals surface area (Å²) in [6, 6.07) is 0. The molecule has 0 aliphatic carbocycles. The maximum absolute atomic E-state index is 5.79. The molecule has 5 heteroatoms. The lowest BCUT2D eigenvalue weighted by atomic mass is 9.97. The van der Waals surface area contributed by atoms with Gasteiger partial charge < -0.3 is 10.3 Å². The normalized spacial score (nSPS) is 13.2. The quantitative estimate of drug-likeness (QED) is 0.901. The molecule has 0 bridgehead atoms. The number of nitrogens with zero attached hydrogens (tertiary/aromatic N) is 2. The third kappa shape index (κ3) is 2.79. The molecule has 2 rings (SSSR count). The zero-order chi connectivity index (χ0) is 13.1. The summed E-state index contributed by atoms with van der Waals surface area (Å²) in [4.78, 5) is 4.49. The van der Waals surface area contributed by atoms with Gasteiger partial charge in [-0.25, -0.2) is 0 Å². The van der Waals surface area contributed by atoms with Gasteiger partial charge in [-0.2, -0.15) is 16.3 Å². The van der Waals surface area contributed by atoms with E-state index in [9.17, 15) is 0 Å². The van der Waals surface area contributed by atoms with Gasteiger partial charge in [-0.05, 0) is 30.2 Å². The third-order valence-electron chi connectivity index (χ3n) is 2.93. The molecule has 0 aliphatic rings. The summed E-state index contributed by atoms with van der Waals surface area (Å²) in [6.45, 7) is 6.94. The average molecular weight is 265 g/mol. The van der Waals surface area contributed by atoms with E-state index in [0.717, 1.165) is 12.0 Å². The molecule has 2 heterocycles. The Balaban J connectivity index is 2.22. The number of hydrogen-bond acceptors (Lipinski definition) is 5. The predicted octanol–water partition coefficient (Wildman–Crippen LogP) is 3.19. The molecule has 0 amide bonds. The predicted molar refractivity (Wildman–Crippen MR) is 73.6 cm³/mol. The summed E-state index contributed by atoms with van der Waals surface area (Å²) in [5.41, 5.74) is 8.02. The van der Waals surface area contributed by atoms with Crippen molar-refractivity contribution in [1.82, 2.24) is 10.1 Å². The Morgan fingerprint density at radius 1 is 1.39 bits per heavy atom. The van der Waals surface area contributed by atoms with Crippen molar-refractivity contribution in [2.24, 2.45) is 11.7 Å². The van der Waals surface area contributed by atoms with Crippen molar-refractivity contribution in [2.45, 2.75) is 33.1 Å². The van der Waals surface area contributed by atoms with Crippen LogP contribution >= 0.6 is 11.3 Å². The van der Waals surface area contributed by atoms with Crippen LogP contribution in [-0.2, 0) is 0 Å². The minimum atomic E-state index is 0.158. The van der Waals surface area contributed by atoms with Crippen molar-refractivity contribution in [1.29, 1.82) is 0 Å². The van der Waals surface area contributed by atoms with Crippen molar-refractivity contribution in [2.75, 3.05) is 6.54 Å². The highest BCUT2D eigenvalue weighted by Crippen LogP contribution is 2.27. The van der Waals surface area contributed by atoms with Crippen LogP contribution in [0.1, 0.15) is 37.6 Å². The van der Waals surface area contributed by atoms with Crippen LogP contribution in [0, 0.1) is 12.8 Å². The smallest absolute Gasteiger partial charge is 0.231 e. The van der Waals surface area contributed by atoms with E-state index in [1.807, 2.05) is 5.38 Å². The van der Waals surface area contributed by atoms with Crippen LogP contribution in [-0.4, -0.2) is 16.7 Å². The van der Waals surface area contributed by atoms with Crippen LogP contribution in [0.15, 0.2) is 15.3 Å². The van der Waals surface area contributed by atoms with Gasteiger partial charge in [0.1, 0.15) is 0 Å². The molecule has 1 unspecified atom stereocenters. The van der Waals surface area contributed by atoms with Gasteiger partial charge in [0.15, 0.2) is 0 Å². The van der Waals surface area contributed by atoms with E-state index in [0.29, 0.717) is 24.2 Å². The second kappa shape index (κ2) is 5.63. The van der Waals surface area contributed by atoms with Crippen molar-refractivity contribution in [3.63, 3.8) is 0 Å². The fraction of sp³-hybridized carbons (Fsp3) is 0.538. The zero-order valence-corrected chi connectivity index (χ0v) is 11.8. The number of aryl methyl sites for hydroxylation is 1. The summed E-state index contributed by atoms with van der Waals surface area (Å²) in [5.74, 6) is 2.06. The first-order valence-electron chi connectivity index (χ1n) is 6.18. The zero-order valence-electron chi connectivity index (χ0n) is 11.0. The molecule has 2 aromatic rings. The van der Waals surface area contributed by atoms with Gasteiger partial charge in [0.05, 0.1) is 5.92 Å². The van der Waals surface area contributed by atoms with Crippen LogP contribution in [0.5, 0.6) is 0 Å². The highest BCUT2D eigenvalue weighted by atomic mass is 32.1. The minimum absolute atomic E-state index is 0.158. The Morgan fingerprint density at radius 3 is 2.72 bits per heavy atom. The lowest BCUT2D eigenvalue weighted by Crippen LogP contribution is -2.15. The van der Waals surface area contributed by atoms with Gasteiger partial charge in [0.2, 0.25) is 11.7 Å². The van der Waals surface area contributed by atoms with Gasteiger partial charge >= 0.3 is 0 Å². The largest absolute Gasteiger partial charge is 0.339 e. The van der Waals surface area contributed by atoms with Gasteiger partial charge in [0.25, 0.3) is 0 Å². The average Bonchev–Trinajstić information content (AvgIpc) is 2.93. The van der Waals surface area contributed by atoms with E-state index in [2.05, 4.69) is 36.3 Å². The Bertz CT molecular complexity index is 504. The summed E-state index contributed by atoms with van der Waals surface area (Å²) in [6.07, 6.45) is 0.973. The number of thiophene rings is 1. The van der Waals surface area contributed by atoms with Crippen LogP contribution in [0.3, 0.4) is 0 Å². The first kappa shape index (κ1) is 13.2. The van der Waals surface area contributed by atoms with E-state index < -0.39 is 0 Å². The Hall–Kier alpha value is -1.20. The first-order valence-corrected chi connectivity index (χ1v) is 7.13. The summed E-state index contributed by atoms with van der Waals surface area (Å²) < 4.78 is 5.36. The Kier molecular flexibility index (Phi) is 4.14. The van der Waals surface area contributed by atoms with Gasteiger partial charge in [0, 0.05) is 17.5 Å². The second-order valence-corrected chi connectivity index (χ2v) is 5.73. The first-order chi connectivity index (χ1) is 8.61. The monoisotopic (exact) mass is 265 g/mol. The molecule has 18 heavy (non-hydrogen) atoms. The molecule has 2 N–H and O–H groups in total. The molecular weight excluding hydrogens is 246 g/mol. The molecule has 2 aromatic heterocycles. The third-order valence-corrected chi connectivity index (χ3v) is 3.79. The Morgan fingerprint density at radius 2 is 2.17 bits per heavy atom. The standard InChI is InChI=1S/C13H19N3OS/c1-8(2)4-10(5-14)13-15-12(16-17-13)11-7-18-6-9(11)3/h6-8,10H,4-5,14H2,1-3H3. The molecule has 98 valence electrons. The lowest BCUT2D eigenvalue weighted by Gasteiger charge is -2.11. The van der Waals surface area contributed by atoms with Crippen LogP contribution < -0.4 is 5.73 Å². The molecule has 0 radical (unpaired) electrons. The van der Waals surface area contributed by atoms with E-state index in [-0.39, 0.29) is 5.92 Å². The van der Waals surface area contributed by atoms with Crippen LogP contribution in [0.2, 0.25) is 0 Å². The molecule has 0 saturated heterocycles. The number of hydrogen-bond donors (Lipinski definition) is 1. The number of nitrogens with two attached hydrogens (primary N) is 1. The van der Waals surface area contributed by atoms with Crippen LogP contribution in [0.25, 0.3) is 11.4 Å². The molecule has 0 saturated carbocycles. The van der Waals surface area contributed by atoms with Crippen molar-refractivity contribution in [3.05, 3.63) is 22.2 Å². The van der Waals surface area contributed by atoms with Gasteiger partial charge in [-0.1, -0.05) is 19.0 Å². The fourth-order valence-electron chi connectivity index (χ4n) is 1.97. The van der Waals surface area contributed by atoms with Crippen molar-refractivity contribution < 1.29 is 4.52 Å². The molecule has 0 aromatic carbocycles. The number of rotatable bonds is 5. The molecule has 0 fully saturated rings. The summed E-state index contributed by atoms with van der Waals surface area (Å²) >= 11 is 1.65. The summed E-state index contributed by atoms with van der Waals surface area (Å²) in [5, 5.41) is 8.19. The van der Waals surface area contributed by atoms with Gasteiger partial charge in [-0.3, -0.25) is 0 Å². The van der Waals surface area contributed by atoms with Gasteiger partial charge in [-0.15, -0.1) is 0 Å². The maximum atomic E-state index is 5.79.